The summed E-state index contributed by atoms with van der Waals surface area (Å²) in [5.41, 5.74) is 3.26. The van der Waals surface area contributed by atoms with Crippen molar-refractivity contribution in [2.45, 2.75) is 19.4 Å². The number of halogens is 1. The summed E-state index contributed by atoms with van der Waals surface area (Å²) in [6.45, 7) is 3.31. The molecule has 1 aromatic heterocycles. The van der Waals surface area contributed by atoms with Crippen LogP contribution in [-0.4, -0.2) is 23.1 Å². The largest absolute Gasteiger partial charge is 0.364 e. The van der Waals surface area contributed by atoms with E-state index in [1.54, 1.807) is 6.26 Å². The first kappa shape index (κ1) is 11.9. The quantitative estimate of drug-likeness (QED) is 0.866. The Morgan fingerprint density at radius 3 is 2.61 bits per heavy atom. The maximum absolute atomic E-state index is 5.15. The first-order valence-corrected chi connectivity index (χ1v) is 7.04. The van der Waals surface area contributed by atoms with Crippen molar-refractivity contribution in [3.63, 3.8) is 0 Å². The summed E-state index contributed by atoms with van der Waals surface area (Å²) >= 11 is 3.45. The Bertz CT molecular complexity index is 515. The van der Waals surface area contributed by atoms with Crippen molar-refractivity contribution in [2.24, 2.45) is 0 Å². The minimum absolute atomic E-state index is 0.939. The molecule has 1 saturated heterocycles. The van der Waals surface area contributed by atoms with E-state index in [0.717, 1.165) is 22.3 Å². The second kappa shape index (κ2) is 5.24. The normalized spacial score (nSPS) is 16.3. The summed E-state index contributed by atoms with van der Waals surface area (Å²) in [4.78, 5) is 2.45. The molecule has 0 spiro atoms. The average Bonchev–Trinajstić information content (AvgIpc) is 3.02. The highest BCUT2D eigenvalue weighted by atomic mass is 79.9. The Hall–Kier alpha value is -1.13. The lowest BCUT2D eigenvalue weighted by Crippen LogP contribution is -2.18. The highest BCUT2D eigenvalue weighted by molar-refractivity contribution is 9.10. The molecule has 0 unspecified atom stereocenters. The standard InChI is InChI=1S/C14H15BrN2O/c15-13-5-3-11(4-6-13)14-12(10-18-16-14)9-17-7-1-2-8-17/h3-6,10H,1-2,7-9H2. The third-order valence-corrected chi connectivity index (χ3v) is 3.88. The molecule has 94 valence electrons. The third kappa shape index (κ3) is 2.49. The summed E-state index contributed by atoms with van der Waals surface area (Å²) in [5.74, 6) is 0. The Morgan fingerprint density at radius 1 is 1.17 bits per heavy atom. The van der Waals surface area contributed by atoms with E-state index in [0.29, 0.717) is 0 Å². The van der Waals surface area contributed by atoms with E-state index < -0.39 is 0 Å². The highest BCUT2D eigenvalue weighted by Crippen LogP contribution is 2.25. The second-order valence-corrected chi connectivity index (χ2v) is 5.59. The van der Waals surface area contributed by atoms with Gasteiger partial charge >= 0.3 is 0 Å². The lowest BCUT2D eigenvalue weighted by atomic mass is 10.1. The van der Waals surface area contributed by atoms with Gasteiger partial charge in [0.15, 0.2) is 0 Å². The van der Waals surface area contributed by atoms with Crippen LogP contribution in [-0.2, 0) is 6.54 Å². The van der Waals surface area contributed by atoms with Gasteiger partial charge in [0.2, 0.25) is 0 Å². The Kier molecular flexibility index (Phi) is 3.48. The van der Waals surface area contributed by atoms with Crippen LogP contribution < -0.4 is 0 Å². The number of benzene rings is 1. The summed E-state index contributed by atoms with van der Waals surface area (Å²) < 4.78 is 6.23. The van der Waals surface area contributed by atoms with Gasteiger partial charge in [0.1, 0.15) is 12.0 Å². The molecule has 1 fully saturated rings. The van der Waals surface area contributed by atoms with Crippen LogP contribution in [0.15, 0.2) is 39.5 Å². The van der Waals surface area contributed by atoms with Crippen LogP contribution in [0.2, 0.25) is 0 Å². The molecule has 2 heterocycles. The number of hydrogen-bond donors (Lipinski definition) is 0. The van der Waals surface area contributed by atoms with Gasteiger partial charge in [-0.3, -0.25) is 4.90 Å². The smallest absolute Gasteiger partial charge is 0.128 e. The molecule has 0 aliphatic carbocycles. The van der Waals surface area contributed by atoms with Gasteiger partial charge in [0, 0.05) is 22.1 Å². The van der Waals surface area contributed by atoms with Gasteiger partial charge < -0.3 is 4.52 Å². The number of hydrogen-bond acceptors (Lipinski definition) is 3. The zero-order valence-electron chi connectivity index (χ0n) is 10.1. The van der Waals surface area contributed by atoms with Crippen molar-refractivity contribution in [1.29, 1.82) is 0 Å². The van der Waals surface area contributed by atoms with Crippen molar-refractivity contribution in [2.75, 3.05) is 13.1 Å². The summed E-state index contributed by atoms with van der Waals surface area (Å²) in [6.07, 6.45) is 4.38. The van der Waals surface area contributed by atoms with E-state index in [4.69, 9.17) is 4.52 Å². The molecule has 1 aromatic carbocycles. The monoisotopic (exact) mass is 306 g/mol. The maximum Gasteiger partial charge on any atom is 0.128 e. The molecule has 0 saturated carbocycles. The van der Waals surface area contributed by atoms with Crippen LogP contribution in [0.25, 0.3) is 11.3 Å². The molecule has 0 radical (unpaired) electrons. The summed E-state index contributed by atoms with van der Waals surface area (Å²) in [5, 5.41) is 4.14. The SMILES string of the molecule is Brc1ccc(-c2nocc2CN2CCCC2)cc1. The van der Waals surface area contributed by atoms with Crippen molar-refractivity contribution < 1.29 is 4.52 Å². The zero-order valence-corrected chi connectivity index (χ0v) is 11.7. The topological polar surface area (TPSA) is 29.3 Å². The van der Waals surface area contributed by atoms with Gasteiger partial charge in [0.25, 0.3) is 0 Å². The van der Waals surface area contributed by atoms with Crippen LogP contribution in [0, 0.1) is 0 Å². The van der Waals surface area contributed by atoms with Crippen molar-refractivity contribution in [1.82, 2.24) is 10.1 Å². The third-order valence-electron chi connectivity index (χ3n) is 3.35. The van der Waals surface area contributed by atoms with E-state index in [1.165, 1.54) is 31.5 Å². The Morgan fingerprint density at radius 2 is 1.89 bits per heavy atom. The molecule has 2 aromatic rings. The molecular formula is C14H15BrN2O. The lowest BCUT2D eigenvalue weighted by Gasteiger charge is -2.13. The molecule has 1 aliphatic rings. The number of likely N-dealkylation sites (tertiary alicyclic amines) is 1. The Balaban J connectivity index is 1.84. The number of nitrogens with zero attached hydrogens (tertiary/aromatic N) is 2. The van der Waals surface area contributed by atoms with Crippen molar-refractivity contribution >= 4 is 15.9 Å². The number of aromatic nitrogens is 1. The molecule has 0 bridgehead atoms. The summed E-state index contributed by atoms with van der Waals surface area (Å²) in [6, 6.07) is 8.19. The first-order valence-electron chi connectivity index (χ1n) is 6.24. The van der Waals surface area contributed by atoms with E-state index in [-0.39, 0.29) is 0 Å². The minimum atomic E-state index is 0.939. The molecule has 18 heavy (non-hydrogen) atoms. The fraction of sp³-hybridized carbons (Fsp3) is 0.357. The van der Waals surface area contributed by atoms with Crippen LogP contribution in [0.5, 0.6) is 0 Å². The van der Waals surface area contributed by atoms with E-state index >= 15 is 0 Å². The predicted octanol–water partition coefficient (Wildman–Crippen LogP) is 3.70. The van der Waals surface area contributed by atoms with E-state index in [9.17, 15) is 0 Å². The van der Waals surface area contributed by atoms with Crippen LogP contribution in [0.3, 0.4) is 0 Å². The fourth-order valence-electron chi connectivity index (χ4n) is 2.40. The van der Waals surface area contributed by atoms with Gasteiger partial charge in [-0.2, -0.15) is 0 Å². The minimum Gasteiger partial charge on any atom is -0.364 e. The molecule has 0 N–H and O–H groups in total. The molecular weight excluding hydrogens is 292 g/mol. The first-order chi connectivity index (χ1) is 8.83. The molecule has 0 atom stereocenters. The Labute approximate surface area is 115 Å². The van der Waals surface area contributed by atoms with Gasteiger partial charge in [0.05, 0.1) is 0 Å². The molecule has 3 rings (SSSR count). The van der Waals surface area contributed by atoms with Gasteiger partial charge in [-0.25, -0.2) is 0 Å². The van der Waals surface area contributed by atoms with Gasteiger partial charge in [-0.05, 0) is 38.1 Å². The fourth-order valence-corrected chi connectivity index (χ4v) is 2.66. The number of rotatable bonds is 3. The second-order valence-electron chi connectivity index (χ2n) is 4.68. The van der Waals surface area contributed by atoms with Gasteiger partial charge in [-0.1, -0.05) is 33.2 Å². The highest BCUT2D eigenvalue weighted by Gasteiger charge is 2.16. The van der Waals surface area contributed by atoms with Crippen molar-refractivity contribution in [3.8, 4) is 11.3 Å². The van der Waals surface area contributed by atoms with E-state index in [1.807, 2.05) is 12.1 Å². The average molecular weight is 307 g/mol. The molecule has 1 aliphatic heterocycles. The molecule has 4 heteroatoms. The maximum atomic E-state index is 5.15. The van der Waals surface area contributed by atoms with E-state index in [2.05, 4.69) is 38.1 Å². The van der Waals surface area contributed by atoms with Crippen LogP contribution >= 0.6 is 15.9 Å². The summed E-state index contributed by atoms with van der Waals surface area (Å²) in [7, 11) is 0. The lowest BCUT2D eigenvalue weighted by molar-refractivity contribution is 0.329. The van der Waals surface area contributed by atoms with Crippen LogP contribution in [0.1, 0.15) is 18.4 Å². The van der Waals surface area contributed by atoms with Gasteiger partial charge in [-0.15, -0.1) is 0 Å². The molecule has 0 amide bonds. The zero-order chi connectivity index (χ0) is 12.4. The van der Waals surface area contributed by atoms with Crippen molar-refractivity contribution in [3.05, 3.63) is 40.6 Å². The predicted molar refractivity (Wildman–Crippen MR) is 74.2 cm³/mol. The molecule has 3 nitrogen and oxygen atoms in total. The van der Waals surface area contributed by atoms with Crippen LogP contribution in [0.4, 0.5) is 0 Å².